The zero-order valence-corrected chi connectivity index (χ0v) is 11.7. The SMILES string of the molecule is O=C(CNCc1ccc(Cl)cc1)NCc1ccccn1. The first-order valence-electron chi connectivity index (χ1n) is 6.36. The van der Waals surface area contributed by atoms with Gasteiger partial charge in [0, 0.05) is 17.8 Å². The quantitative estimate of drug-likeness (QED) is 0.857. The summed E-state index contributed by atoms with van der Waals surface area (Å²) in [5.41, 5.74) is 1.94. The van der Waals surface area contributed by atoms with E-state index in [9.17, 15) is 4.79 Å². The molecule has 0 fully saturated rings. The molecule has 0 spiro atoms. The third-order valence-corrected chi connectivity index (χ3v) is 2.97. The topological polar surface area (TPSA) is 54.0 Å². The lowest BCUT2D eigenvalue weighted by atomic mass is 10.2. The van der Waals surface area contributed by atoms with E-state index in [0.717, 1.165) is 11.3 Å². The second kappa shape index (κ2) is 7.62. The molecule has 0 atom stereocenters. The Morgan fingerprint density at radius 1 is 1.10 bits per heavy atom. The number of carbonyl (C=O) groups excluding carboxylic acids is 1. The van der Waals surface area contributed by atoms with Gasteiger partial charge in [-0.05, 0) is 29.8 Å². The highest BCUT2D eigenvalue weighted by molar-refractivity contribution is 6.30. The van der Waals surface area contributed by atoms with Crippen molar-refractivity contribution in [1.29, 1.82) is 0 Å². The summed E-state index contributed by atoms with van der Waals surface area (Å²) in [5.74, 6) is -0.0513. The number of nitrogens with one attached hydrogen (secondary N) is 2. The first kappa shape index (κ1) is 14.5. The van der Waals surface area contributed by atoms with Crippen LogP contribution in [0.15, 0.2) is 48.7 Å². The van der Waals surface area contributed by atoms with Gasteiger partial charge in [-0.15, -0.1) is 0 Å². The number of nitrogens with zero attached hydrogens (tertiary/aromatic N) is 1. The molecular weight excluding hydrogens is 274 g/mol. The molecule has 0 aliphatic rings. The lowest BCUT2D eigenvalue weighted by Gasteiger charge is -2.06. The summed E-state index contributed by atoms with van der Waals surface area (Å²) < 4.78 is 0. The molecule has 1 heterocycles. The molecule has 0 saturated carbocycles. The van der Waals surface area contributed by atoms with Crippen LogP contribution in [0, 0.1) is 0 Å². The van der Waals surface area contributed by atoms with E-state index in [1.165, 1.54) is 0 Å². The minimum atomic E-state index is -0.0513. The Labute approximate surface area is 123 Å². The van der Waals surface area contributed by atoms with Crippen LogP contribution in [0.5, 0.6) is 0 Å². The Morgan fingerprint density at radius 3 is 2.60 bits per heavy atom. The standard InChI is InChI=1S/C15H16ClN3O/c16-13-6-4-12(5-7-13)9-17-11-15(20)19-10-14-3-1-2-8-18-14/h1-8,17H,9-11H2,(H,19,20). The predicted octanol–water partition coefficient (Wildman–Crippen LogP) is 2.14. The average Bonchev–Trinajstić information content (AvgIpc) is 2.48. The number of carbonyl (C=O) groups is 1. The van der Waals surface area contributed by atoms with Gasteiger partial charge >= 0.3 is 0 Å². The van der Waals surface area contributed by atoms with Crippen molar-refractivity contribution >= 4 is 17.5 Å². The zero-order chi connectivity index (χ0) is 14.2. The number of aromatic nitrogens is 1. The Bertz CT molecular complexity index is 543. The summed E-state index contributed by atoms with van der Waals surface area (Å²) in [6, 6.07) is 13.1. The minimum Gasteiger partial charge on any atom is -0.349 e. The van der Waals surface area contributed by atoms with Crippen molar-refractivity contribution in [1.82, 2.24) is 15.6 Å². The first-order valence-corrected chi connectivity index (χ1v) is 6.73. The highest BCUT2D eigenvalue weighted by Crippen LogP contribution is 2.08. The molecule has 0 bridgehead atoms. The van der Waals surface area contributed by atoms with Gasteiger partial charge in [-0.25, -0.2) is 0 Å². The largest absolute Gasteiger partial charge is 0.349 e. The number of pyridine rings is 1. The molecule has 4 nitrogen and oxygen atoms in total. The van der Waals surface area contributed by atoms with Crippen LogP contribution >= 0.6 is 11.6 Å². The Morgan fingerprint density at radius 2 is 1.90 bits per heavy atom. The van der Waals surface area contributed by atoms with E-state index >= 15 is 0 Å². The van der Waals surface area contributed by atoms with Gasteiger partial charge in [-0.3, -0.25) is 9.78 Å². The molecule has 1 aromatic heterocycles. The number of benzene rings is 1. The normalized spacial score (nSPS) is 10.2. The van der Waals surface area contributed by atoms with Crippen molar-refractivity contribution in [2.75, 3.05) is 6.54 Å². The molecule has 5 heteroatoms. The van der Waals surface area contributed by atoms with E-state index < -0.39 is 0 Å². The predicted molar refractivity (Wildman–Crippen MR) is 79.2 cm³/mol. The van der Waals surface area contributed by atoms with Crippen LogP contribution in [-0.2, 0) is 17.9 Å². The fraction of sp³-hybridized carbons (Fsp3) is 0.200. The van der Waals surface area contributed by atoms with E-state index in [1.54, 1.807) is 6.20 Å². The third kappa shape index (κ3) is 4.99. The van der Waals surface area contributed by atoms with Crippen molar-refractivity contribution in [3.63, 3.8) is 0 Å². The second-order valence-electron chi connectivity index (χ2n) is 4.33. The van der Waals surface area contributed by atoms with Gasteiger partial charge in [-0.1, -0.05) is 29.8 Å². The van der Waals surface area contributed by atoms with Gasteiger partial charge in [0.1, 0.15) is 0 Å². The highest BCUT2D eigenvalue weighted by atomic mass is 35.5. The van der Waals surface area contributed by atoms with Gasteiger partial charge in [0.2, 0.25) is 5.91 Å². The Hall–Kier alpha value is -1.91. The fourth-order valence-corrected chi connectivity index (χ4v) is 1.80. The molecule has 0 aliphatic carbocycles. The molecule has 2 rings (SSSR count). The van der Waals surface area contributed by atoms with Gasteiger partial charge in [-0.2, -0.15) is 0 Å². The molecule has 1 aromatic carbocycles. The van der Waals surface area contributed by atoms with Gasteiger partial charge < -0.3 is 10.6 Å². The first-order chi connectivity index (χ1) is 9.74. The van der Waals surface area contributed by atoms with Crippen LogP contribution in [0.4, 0.5) is 0 Å². The molecule has 0 saturated heterocycles. The van der Waals surface area contributed by atoms with Crippen molar-refractivity contribution in [2.24, 2.45) is 0 Å². The van der Waals surface area contributed by atoms with E-state index in [0.29, 0.717) is 18.1 Å². The van der Waals surface area contributed by atoms with Crippen molar-refractivity contribution in [3.8, 4) is 0 Å². The highest BCUT2D eigenvalue weighted by Gasteiger charge is 2.01. The van der Waals surface area contributed by atoms with Crippen LogP contribution in [-0.4, -0.2) is 17.4 Å². The lowest BCUT2D eigenvalue weighted by Crippen LogP contribution is -2.33. The number of halogens is 1. The summed E-state index contributed by atoms with van der Waals surface area (Å²) >= 11 is 5.81. The fourth-order valence-electron chi connectivity index (χ4n) is 1.68. The molecule has 0 unspecified atom stereocenters. The van der Waals surface area contributed by atoms with Crippen molar-refractivity contribution in [3.05, 3.63) is 64.9 Å². The van der Waals surface area contributed by atoms with E-state index in [-0.39, 0.29) is 12.5 Å². The molecule has 2 N–H and O–H groups in total. The summed E-state index contributed by atoms with van der Waals surface area (Å²) in [7, 11) is 0. The Balaban J connectivity index is 1.66. The summed E-state index contributed by atoms with van der Waals surface area (Å²) in [6.45, 7) is 1.35. The van der Waals surface area contributed by atoms with Crippen molar-refractivity contribution < 1.29 is 4.79 Å². The summed E-state index contributed by atoms with van der Waals surface area (Å²) in [5, 5.41) is 6.60. The van der Waals surface area contributed by atoms with Gasteiger partial charge in [0.25, 0.3) is 0 Å². The van der Waals surface area contributed by atoms with Crippen LogP contribution in [0.1, 0.15) is 11.3 Å². The van der Waals surface area contributed by atoms with Crippen LogP contribution in [0.2, 0.25) is 5.02 Å². The lowest BCUT2D eigenvalue weighted by molar-refractivity contribution is -0.120. The number of hydrogen-bond acceptors (Lipinski definition) is 3. The number of hydrogen-bond donors (Lipinski definition) is 2. The number of amides is 1. The molecule has 104 valence electrons. The Kier molecular flexibility index (Phi) is 5.53. The summed E-state index contributed by atoms with van der Waals surface area (Å²) in [6.07, 6.45) is 1.71. The second-order valence-corrected chi connectivity index (χ2v) is 4.76. The van der Waals surface area contributed by atoms with Crippen LogP contribution in [0.25, 0.3) is 0 Å². The van der Waals surface area contributed by atoms with E-state index in [4.69, 9.17) is 11.6 Å². The minimum absolute atomic E-state index is 0.0513. The maximum atomic E-state index is 11.6. The molecule has 2 aromatic rings. The van der Waals surface area contributed by atoms with Gasteiger partial charge in [0.05, 0.1) is 18.8 Å². The molecule has 1 amide bonds. The summed E-state index contributed by atoms with van der Waals surface area (Å²) in [4.78, 5) is 15.8. The zero-order valence-electron chi connectivity index (χ0n) is 11.0. The smallest absolute Gasteiger partial charge is 0.234 e. The monoisotopic (exact) mass is 289 g/mol. The van der Waals surface area contributed by atoms with E-state index in [1.807, 2.05) is 42.5 Å². The third-order valence-electron chi connectivity index (χ3n) is 2.72. The maximum absolute atomic E-state index is 11.6. The molecule has 0 aliphatic heterocycles. The molecular formula is C15H16ClN3O. The van der Waals surface area contributed by atoms with Gasteiger partial charge in [0.15, 0.2) is 0 Å². The van der Waals surface area contributed by atoms with Crippen molar-refractivity contribution in [2.45, 2.75) is 13.1 Å². The maximum Gasteiger partial charge on any atom is 0.234 e. The van der Waals surface area contributed by atoms with Crippen LogP contribution < -0.4 is 10.6 Å². The number of rotatable bonds is 6. The molecule has 0 radical (unpaired) electrons. The molecule has 20 heavy (non-hydrogen) atoms. The van der Waals surface area contributed by atoms with E-state index in [2.05, 4.69) is 15.6 Å². The average molecular weight is 290 g/mol. The van der Waals surface area contributed by atoms with Crippen LogP contribution in [0.3, 0.4) is 0 Å².